The Morgan fingerprint density at radius 3 is 1.85 bits per heavy atom. The molecule has 0 aromatic heterocycles. The van der Waals surface area contributed by atoms with Crippen molar-refractivity contribution in [2.45, 2.75) is 119 Å². The first-order valence-electron chi connectivity index (χ1n) is 13.4. The van der Waals surface area contributed by atoms with Crippen LogP contribution in [-0.4, -0.2) is 5.78 Å². The maximum atomic E-state index is 13.3. The Bertz CT molecular complexity index is 779. The van der Waals surface area contributed by atoms with Crippen LogP contribution in [-0.2, 0) is 4.79 Å². The minimum atomic E-state index is 0.0456. The van der Waals surface area contributed by atoms with Crippen LogP contribution in [0.3, 0.4) is 0 Å². The Labute approximate surface area is 211 Å². The first-order chi connectivity index (χ1) is 15.9. The van der Waals surface area contributed by atoms with Crippen molar-refractivity contribution < 1.29 is 4.79 Å². The molecule has 1 rings (SSSR count). The number of carbonyl (C=O) groups is 1. The molecule has 0 radical (unpaired) electrons. The normalized spacial score (nSPS) is 15.5. The van der Waals surface area contributed by atoms with Crippen molar-refractivity contribution in [2.75, 3.05) is 0 Å². The lowest BCUT2D eigenvalue weighted by atomic mass is 9.72. The molecule has 0 unspecified atom stereocenters. The van der Waals surface area contributed by atoms with E-state index in [2.05, 4.69) is 79.9 Å². The molecule has 0 saturated carbocycles. The molecule has 1 heteroatoms. The molecular weight excluding hydrogens is 412 g/mol. The Hall–Kier alpha value is -1.89. The predicted molar refractivity (Wildman–Crippen MR) is 152 cm³/mol. The van der Waals surface area contributed by atoms with E-state index >= 15 is 0 Å². The molecule has 0 bridgehead atoms. The van der Waals surface area contributed by atoms with Crippen molar-refractivity contribution in [1.29, 1.82) is 0 Å². The van der Waals surface area contributed by atoms with E-state index < -0.39 is 0 Å². The molecule has 0 aliphatic heterocycles. The highest BCUT2D eigenvalue weighted by Crippen LogP contribution is 2.40. The third-order valence-corrected chi connectivity index (χ3v) is 7.15. The van der Waals surface area contributed by atoms with Crippen molar-refractivity contribution >= 4 is 5.78 Å². The highest BCUT2D eigenvalue weighted by molar-refractivity contribution is 5.92. The summed E-state index contributed by atoms with van der Waals surface area (Å²) in [5.74, 6) is 0.320. The summed E-state index contributed by atoms with van der Waals surface area (Å²) < 4.78 is 0. The van der Waals surface area contributed by atoms with E-state index in [9.17, 15) is 4.79 Å². The third kappa shape index (κ3) is 12.0. The van der Waals surface area contributed by atoms with E-state index in [4.69, 9.17) is 0 Å². The van der Waals surface area contributed by atoms with E-state index in [0.29, 0.717) is 0 Å². The quantitative estimate of drug-likeness (QED) is 0.174. The Balaban J connectivity index is 2.83. The molecule has 34 heavy (non-hydrogen) atoms. The van der Waals surface area contributed by atoms with E-state index in [0.717, 1.165) is 57.8 Å². The second-order valence-electron chi connectivity index (χ2n) is 11.6. The van der Waals surface area contributed by atoms with Gasteiger partial charge in [0, 0.05) is 5.92 Å². The van der Waals surface area contributed by atoms with E-state index in [1.807, 2.05) is 6.08 Å². The van der Waals surface area contributed by atoms with Crippen molar-refractivity contribution in [3.63, 3.8) is 0 Å². The molecule has 0 aromatic carbocycles. The van der Waals surface area contributed by atoms with E-state index in [1.54, 1.807) is 0 Å². The zero-order valence-corrected chi connectivity index (χ0v) is 23.5. The molecule has 0 amide bonds. The van der Waals surface area contributed by atoms with Gasteiger partial charge in [-0.05, 0) is 122 Å². The summed E-state index contributed by atoms with van der Waals surface area (Å²) in [5, 5.41) is 0. The molecule has 1 aliphatic carbocycles. The third-order valence-electron chi connectivity index (χ3n) is 7.15. The van der Waals surface area contributed by atoms with Crippen LogP contribution in [0, 0.1) is 11.3 Å². The smallest absolute Gasteiger partial charge is 0.158 e. The summed E-state index contributed by atoms with van der Waals surface area (Å²) in [6.45, 7) is 24.0. The molecule has 0 heterocycles. The Kier molecular flexibility index (Phi) is 13.5. The minimum absolute atomic E-state index is 0.0456. The molecule has 0 aromatic rings. The second-order valence-corrected chi connectivity index (χ2v) is 11.6. The highest BCUT2D eigenvalue weighted by atomic mass is 16.1. The molecule has 0 saturated heterocycles. The number of hydrogen-bond acceptors (Lipinski definition) is 1. The fraction of sp³-hybridized carbons (Fsp3) is 0.606. The van der Waals surface area contributed by atoms with Crippen LogP contribution in [0.5, 0.6) is 0 Å². The van der Waals surface area contributed by atoms with Crippen molar-refractivity contribution in [3.8, 4) is 0 Å². The van der Waals surface area contributed by atoms with Gasteiger partial charge in [0.1, 0.15) is 0 Å². The van der Waals surface area contributed by atoms with Gasteiger partial charge in [-0.15, -0.1) is 0 Å². The lowest BCUT2D eigenvalue weighted by molar-refractivity contribution is -0.118. The summed E-state index contributed by atoms with van der Waals surface area (Å²) in [5.41, 5.74) is 8.19. The average molecular weight is 465 g/mol. The summed E-state index contributed by atoms with van der Waals surface area (Å²) >= 11 is 0. The molecular formula is C33H52O. The van der Waals surface area contributed by atoms with E-state index in [1.165, 1.54) is 46.3 Å². The first-order valence-corrected chi connectivity index (χ1v) is 13.4. The number of allylic oxidation sites excluding steroid dienone is 10. The van der Waals surface area contributed by atoms with Crippen LogP contribution in [0.1, 0.15) is 119 Å². The lowest BCUT2D eigenvalue weighted by Crippen LogP contribution is -2.20. The minimum Gasteiger partial charge on any atom is -0.295 e. The van der Waals surface area contributed by atoms with Crippen LogP contribution in [0.15, 0.2) is 70.9 Å². The summed E-state index contributed by atoms with van der Waals surface area (Å²) in [7, 11) is 0. The van der Waals surface area contributed by atoms with Crippen LogP contribution in [0.4, 0.5) is 0 Å². The van der Waals surface area contributed by atoms with Crippen LogP contribution < -0.4 is 0 Å². The van der Waals surface area contributed by atoms with Crippen molar-refractivity contribution in [2.24, 2.45) is 11.3 Å². The van der Waals surface area contributed by atoms with Gasteiger partial charge in [-0.1, -0.05) is 73.1 Å². The number of rotatable bonds is 15. The largest absolute Gasteiger partial charge is 0.295 e. The second kappa shape index (κ2) is 15.2. The van der Waals surface area contributed by atoms with Crippen molar-refractivity contribution in [3.05, 3.63) is 70.9 Å². The average Bonchev–Trinajstić information content (AvgIpc) is 2.72. The van der Waals surface area contributed by atoms with Gasteiger partial charge in [0.2, 0.25) is 0 Å². The standard InChI is InChI=1S/C33H52O/c1-25(2)13-10-15-27(5)18-20-30(21-19-28(6)16-11-14-26(3)4)32(34)23-22-31-29(7)17-12-24-33(31,8)9/h13-14,22-23,30H,5-6,10-12,15-21,24H2,1-4,7-9H3/b23-22+. The monoisotopic (exact) mass is 464 g/mol. The van der Waals surface area contributed by atoms with Gasteiger partial charge in [0.05, 0.1) is 0 Å². The Morgan fingerprint density at radius 2 is 1.41 bits per heavy atom. The first kappa shape index (κ1) is 30.1. The predicted octanol–water partition coefficient (Wildman–Crippen LogP) is 10.4. The Morgan fingerprint density at radius 1 is 0.912 bits per heavy atom. The van der Waals surface area contributed by atoms with Gasteiger partial charge in [0.15, 0.2) is 5.78 Å². The van der Waals surface area contributed by atoms with E-state index in [-0.39, 0.29) is 17.1 Å². The van der Waals surface area contributed by atoms with Gasteiger partial charge in [-0.2, -0.15) is 0 Å². The maximum absolute atomic E-state index is 13.3. The fourth-order valence-electron chi connectivity index (χ4n) is 4.88. The SMILES string of the molecule is C=C(CCC=C(C)C)CCC(CCC(=C)CCC=C(C)C)C(=O)/C=C/C1=C(C)CCCC1(C)C. The topological polar surface area (TPSA) is 17.1 Å². The number of carbonyl (C=O) groups excluding carboxylic acids is 1. The van der Waals surface area contributed by atoms with Gasteiger partial charge in [-0.25, -0.2) is 0 Å². The van der Waals surface area contributed by atoms with Crippen LogP contribution >= 0.6 is 0 Å². The number of ketones is 1. The molecule has 0 N–H and O–H groups in total. The molecule has 0 fully saturated rings. The number of hydrogen-bond donors (Lipinski definition) is 0. The highest BCUT2D eigenvalue weighted by Gasteiger charge is 2.27. The summed E-state index contributed by atoms with van der Waals surface area (Å²) in [4.78, 5) is 13.3. The van der Waals surface area contributed by atoms with Gasteiger partial charge in [-0.3, -0.25) is 4.79 Å². The summed E-state index contributed by atoms with van der Waals surface area (Å²) in [6, 6.07) is 0. The van der Waals surface area contributed by atoms with Crippen molar-refractivity contribution in [1.82, 2.24) is 0 Å². The summed E-state index contributed by atoms with van der Waals surface area (Å²) in [6.07, 6.45) is 19.9. The molecule has 1 nitrogen and oxygen atoms in total. The van der Waals surface area contributed by atoms with Crippen LogP contribution in [0.2, 0.25) is 0 Å². The molecule has 0 spiro atoms. The van der Waals surface area contributed by atoms with Gasteiger partial charge in [0.25, 0.3) is 0 Å². The maximum Gasteiger partial charge on any atom is 0.158 e. The zero-order chi connectivity index (χ0) is 25.7. The zero-order valence-electron chi connectivity index (χ0n) is 23.5. The molecule has 1 aliphatic rings. The van der Waals surface area contributed by atoms with Gasteiger partial charge < -0.3 is 0 Å². The van der Waals surface area contributed by atoms with Gasteiger partial charge >= 0.3 is 0 Å². The molecule has 190 valence electrons. The lowest BCUT2D eigenvalue weighted by Gasteiger charge is -2.33. The fourth-order valence-corrected chi connectivity index (χ4v) is 4.88. The van der Waals surface area contributed by atoms with Crippen LogP contribution in [0.25, 0.3) is 0 Å². The molecule has 0 atom stereocenters.